The Balaban J connectivity index is 2.86. The van der Waals surface area contributed by atoms with E-state index in [1.807, 2.05) is 13.0 Å². The van der Waals surface area contributed by atoms with Crippen LogP contribution in [-0.4, -0.2) is 44.9 Å². The number of rotatable bonds is 7. The first-order chi connectivity index (χ1) is 9.03. The predicted octanol–water partition coefficient (Wildman–Crippen LogP) is 1.10. The molecule has 0 radical (unpaired) electrons. The van der Waals surface area contributed by atoms with Crippen LogP contribution in [0.15, 0.2) is 12.1 Å². The van der Waals surface area contributed by atoms with Crippen LogP contribution in [0.2, 0.25) is 0 Å². The quantitative estimate of drug-likeness (QED) is 0.687. The Morgan fingerprint density at radius 3 is 2.37 bits per heavy atom. The van der Waals surface area contributed by atoms with E-state index in [0.29, 0.717) is 11.5 Å². The number of nitrogens with one attached hydrogen (secondary N) is 2. The van der Waals surface area contributed by atoms with Crippen LogP contribution in [0, 0.1) is 6.92 Å². The molecule has 1 aromatic rings. The van der Waals surface area contributed by atoms with Crippen molar-refractivity contribution in [3.63, 3.8) is 0 Å². The molecule has 0 fully saturated rings. The lowest BCUT2D eigenvalue weighted by Crippen LogP contribution is -2.39. The summed E-state index contributed by atoms with van der Waals surface area (Å²) in [7, 11) is 4.75. The highest BCUT2D eigenvalue weighted by Gasteiger charge is 2.15. The Labute approximate surface area is 112 Å². The van der Waals surface area contributed by atoms with E-state index in [1.54, 1.807) is 27.3 Å². The number of hydrogen-bond acceptors (Lipinski definition) is 5. The summed E-state index contributed by atoms with van der Waals surface area (Å²) in [6.45, 7) is 2.20. The summed E-state index contributed by atoms with van der Waals surface area (Å²) in [6.07, 6.45) is 0. The van der Waals surface area contributed by atoms with Crippen molar-refractivity contribution < 1.29 is 19.4 Å². The van der Waals surface area contributed by atoms with Gasteiger partial charge in [0, 0.05) is 18.3 Å². The first-order valence-corrected chi connectivity index (χ1v) is 5.90. The topological polar surface area (TPSA) is 79.8 Å². The van der Waals surface area contributed by atoms with Gasteiger partial charge in [-0.15, -0.1) is 0 Å². The van der Waals surface area contributed by atoms with Crippen molar-refractivity contribution in [1.29, 1.82) is 0 Å². The molecule has 0 aliphatic carbocycles. The monoisotopic (exact) mass is 268 g/mol. The standard InChI is InChI=1S/C13H20N2O4/c1-8-5-11(18-3)12(19-4)6-9(8)15-7-10(14-2)13(16)17/h5-6,10,14-15H,7H2,1-4H3,(H,16,17). The molecule has 0 spiro atoms. The molecule has 0 aliphatic heterocycles. The van der Waals surface area contributed by atoms with Gasteiger partial charge in [0.25, 0.3) is 0 Å². The maximum atomic E-state index is 10.9. The predicted molar refractivity (Wildman–Crippen MR) is 73.3 cm³/mol. The fourth-order valence-corrected chi connectivity index (χ4v) is 1.70. The number of carboxylic acid groups (broad SMARTS) is 1. The molecule has 1 atom stereocenters. The van der Waals surface area contributed by atoms with Crippen molar-refractivity contribution in [3.8, 4) is 11.5 Å². The van der Waals surface area contributed by atoms with Gasteiger partial charge in [0.05, 0.1) is 14.2 Å². The third-order valence-corrected chi connectivity index (χ3v) is 2.87. The van der Waals surface area contributed by atoms with Crippen LogP contribution in [-0.2, 0) is 4.79 Å². The summed E-state index contributed by atoms with van der Waals surface area (Å²) in [4.78, 5) is 10.9. The van der Waals surface area contributed by atoms with Gasteiger partial charge in [-0.2, -0.15) is 0 Å². The maximum Gasteiger partial charge on any atom is 0.322 e. The van der Waals surface area contributed by atoms with Crippen LogP contribution in [0.3, 0.4) is 0 Å². The van der Waals surface area contributed by atoms with Crippen molar-refractivity contribution in [2.24, 2.45) is 0 Å². The van der Waals surface area contributed by atoms with E-state index in [9.17, 15) is 4.79 Å². The molecule has 1 unspecified atom stereocenters. The second-order valence-corrected chi connectivity index (χ2v) is 4.08. The first-order valence-electron chi connectivity index (χ1n) is 5.90. The van der Waals surface area contributed by atoms with Crippen molar-refractivity contribution >= 4 is 11.7 Å². The van der Waals surface area contributed by atoms with Crippen LogP contribution in [0.4, 0.5) is 5.69 Å². The molecular weight excluding hydrogens is 248 g/mol. The molecule has 19 heavy (non-hydrogen) atoms. The van der Waals surface area contributed by atoms with Gasteiger partial charge in [0.1, 0.15) is 6.04 Å². The van der Waals surface area contributed by atoms with Crippen molar-refractivity contribution in [2.75, 3.05) is 33.1 Å². The molecule has 3 N–H and O–H groups in total. The zero-order valence-electron chi connectivity index (χ0n) is 11.6. The van der Waals surface area contributed by atoms with E-state index in [0.717, 1.165) is 11.3 Å². The lowest BCUT2D eigenvalue weighted by atomic mass is 10.1. The number of aryl methyl sites for hydroxylation is 1. The number of methoxy groups -OCH3 is 2. The molecule has 0 amide bonds. The van der Waals surface area contributed by atoms with E-state index in [1.165, 1.54) is 0 Å². The van der Waals surface area contributed by atoms with Gasteiger partial charge in [0.2, 0.25) is 0 Å². The maximum absolute atomic E-state index is 10.9. The first kappa shape index (κ1) is 15.1. The van der Waals surface area contributed by atoms with Crippen molar-refractivity contribution in [2.45, 2.75) is 13.0 Å². The van der Waals surface area contributed by atoms with E-state index < -0.39 is 12.0 Å². The van der Waals surface area contributed by atoms with Crippen LogP contribution in [0.1, 0.15) is 5.56 Å². The second-order valence-electron chi connectivity index (χ2n) is 4.08. The second kappa shape index (κ2) is 6.84. The number of carboxylic acids is 1. The van der Waals surface area contributed by atoms with E-state index in [2.05, 4.69) is 10.6 Å². The highest BCUT2D eigenvalue weighted by Crippen LogP contribution is 2.32. The van der Waals surface area contributed by atoms with Gasteiger partial charge in [-0.1, -0.05) is 0 Å². The van der Waals surface area contributed by atoms with E-state index >= 15 is 0 Å². The normalized spacial score (nSPS) is 11.8. The summed E-state index contributed by atoms with van der Waals surface area (Å²) in [5, 5.41) is 14.8. The summed E-state index contributed by atoms with van der Waals surface area (Å²) in [5.41, 5.74) is 1.78. The number of anilines is 1. The molecule has 0 aromatic heterocycles. The van der Waals surface area contributed by atoms with Gasteiger partial charge in [-0.3, -0.25) is 4.79 Å². The Morgan fingerprint density at radius 2 is 1.89 bits per heavy atom. The molecule has 0 saturated carbocycles. The lowest BCUT2D eigenvalue weighted by Gasteiger charge is -2.17. The number of ether oxygens (including phenoxy) is 2. The smallest absolute Gasteiger partial charge is 0.322 e. The Bertz CT molecular complexity index is 449. The molecule has 1 rings (SSSR count). The molecule has 0 bridgehead atoms. The zero-order valence-corrected chi connectivity index (χ0v) is 11.6. The molecule has 6 nitrogen and oxygen atoms in total. The lowest BCUT2D eigenvalue weighted by molar-refractivity contribution is -0.138. The van der Waals surface area contributed by atoms with Gasteiger partial charge < -0.3 is 25.2 Å². The summed E-state index contributed by atoms with van der Waals surface area (Å²) in [6, 6.07) is 2.99. The van der Waals surface area contributed by atoms with Crippen LogP contribution < -0.4 is 20.1 Å². The fraction of sp³-hybridized carbons (Fsp3) is 0.462. The fourth-order valence-electron chi connectivity index (χ4n) is 1.70. The number of carbonyl (C=O) groups is 1. The largest absolute Gasteiger partial charge is 0.493 e. The Morgan fingerprint density at radius 1 is 1.32 bits per heavy atom. The third kappa shape index (κ3) is 3.75. The summed E-state index contributed by atoms with van der Waals surface area (Å²) in [5.74, 6) is 0.356. The minimum Gasteiger partial charge on any atom is -0.493 e. The molecule has 1 aromatic carbocycles. The van der Waals surface area contributed by atoms with Crippen LogP contribution in [0.5, 0.6) is 11.5 Å². The minimum atomic E-state index is -0.895. The van der Waals surface area contributed by atoms with E-state index in [-0.39, 0.29) is 6.54 Å². The highest BCUT2D eigenvalue weighted by atomic mass is 16.5. The van der Waals surface area contributed by atoms with Crippen molar-refractivity contribution in [3.05, 3.63) is 17.7 Å². The SMILES string of the molecule is CNC(CNc1cc(OC)c(OC)cc1C)C(=O)O. The molecular formula is C13H20N2O4. The summed E-state index contributed by atoms with van der Waals surface area (Å²) >= 11 is 0. The minimum absolute atomic E-state index is 0.280. The van der Waals surface area contributed by atoms with E-state index in [4.69, 9.17) is 14.6 Å². The van der Waals surface area contributed by atoms with Gasteiger partial charge in [0.15, 0.2) is 11.5 Å². The highest BCUT2D eigenvalue weighted by molar-refractivity contribution is 5.74. The Hall–Kier alpha value is -1.95. The number of aliphatic carboxylic acids is 1. The van der Waals surface area contributed by atoms with Crippen LogP contribution in [0.25, 0.3) is 0 Å². The van der Waals surface area contributed by atoms with Crippen molar-refractivity contribution in [1.82, 2.24) is 5.32 Å². The molecule has 0 heterocycles. The molecule has 106 valence electrons. The van der Waals surface area contributed by atoms with Gasteiger partial charge >= 0.3 is 5.97 Å². The number of benzene rings is 1. The molecule has 0 aliphatic rings. The number of likely N-dealkylation sites (N-methyl/N-ethyl adjacent to an activating group) is 1. The average molecular weight is 268 g/mol. The molecule has 6 heteroatoms. The third-order valence-electron chi connectivity index (χ3n) is 2.87. The zero-order chi connectivity index (χ0) is 14.4. The van der Waals surface area contributed by atoms with Gasteiger partial charge in [-0.05, 0) is 25.6 Å². The van der Waals surface area contributed by atoms with Gasteiger partial charge in [-0.25, -0.2) is 0 Å². The average Bonchev–Trinajstić information content (AvgIpc) is 2.40. The van der Waals surface area contributed by atoms with Crippen LogP contribution >= 0.6 is 0 Å². The Kier molecular flexibility index (Phi) is 5.44. The summed E-state index contributed by atoms with van der Waals surface area (Å²) < 4.78 is 10.4. The number of hydrogen-bond donors (Lipinski definition) is 3. The molecule has 0 saturated heterocycles.